The average Bonchev–Trinajstić information content (AvgIpc) is 2.73. The minimum atomic E-state index is 0.233. The van der Waals surface area contributed by atoms with Gasteiger partial charge in [0.25, 0.3) is 0 Å². The van der Waals surface area contributed by atoms with Crippen LogP contribution in [0.25, 0.3) is 33.2 Å². The number of rotatable bonds is 4. The molecule has 0 saturated carbocycles. The summed E-state index contributed by atoms with van der Waals surface area (Å²) >= 11 is 0. The van der Waals surface area contributed by atoms with Gasteiger partial charge in [-0.15, -0.1) is 0 Å². The number of aromatic nitrogens is 2. The van der Waals surface area contributed by atoms with Crippen LogP contribution in [0.5, 0.6) is 11.5 Å². The van der Waals surface area contributed by atoms with Crippen molar-refractivity contribution in [1.29, 1.82) is 0 Å². The van der Waals surface area contributed by atoms with Crippen molar-refractivity contribution in [1.82, 2.24) is 9.97 Å². The summed E-state index contributed by atoms with van der Waals surface area (Å²) in [4.78, 5) is 8.78. The standard InChI is InChI=1S/C22H19N3O2/c1-26-15-7-5-6-14(12-15)19-13-24-22(23)25-21(19)18-10-11-20(27-2)17-9-4-3-8-16(17)18/h3-13H,1-2H3,(H2,23,24,25). The van der Waals surface area contributed by atoms with Gasteiger partial charge in [0.2, 0.25) is 5.95 Å². The molecule has 0 bridgehead atoms. The Balaban J connectivity index is 2.00. The van der Waals surface area contributed by atoms with Crippen molar-refractivity contribution >= 4 is 16.7 Å². The number of nitrogen functional groups attached to an aromatic ring is 1. The van der Waals surface area contributed by atoms with E-state index >= 15 is 0 Å². The first kappa shape index (κ1) is 16.8. The lowest BCUT2D eigenvalue weighted by atomic mass is 9.96. The molecule has 5 nitrogen and oxygen atoms in total. The Labute approximate surface area is 157 Å². The van der Waals surface area contributed by atoms with Crippen LogP contribution in [0.4, 0.5) is 5.95 Å². The number of fused-ring (bicyclic) bond motifs is 1. The molecule has 0 fully saturated rings. The van der Waals surface area contributed by atoms with Gasteiger partial charge in [0.1, 0.15) is 11.5 Å². The van der Waals surface area contributed by atoms with Gasteiger partial charge < -0.3 is 15.2 Å². The average molecular weight is 357 g/mol. The molecule has 3 aromatic carbocycles. The SMILES string of the molecule is COc1cccc(-c2cnc(N)nc2-c2ccc(OC)c3ccccc23)c1. The zero-order valence-electron chi connectivity index (χ0n) is 15.1. The first-order chi connectivity index (χ1) is 13.2. The van der Waals surface area contributed by atoms with Crippen molar-refractivity contribution in [2.24, 2.45) is 0 Å². The monoisotopic (exact) mass is 357 g/mol. The first-order valence-corrected chi connectivity index (χ1v) is 8.54. The second-order valence-electron chi connectivity index (χ2n) is 6.08. The normalized spacial score (nSPS) is 10.7. The Kier molecular flexibility index (Phi) is 4.34. The third kappa shape index (κ3) is 3.04. The van der Waals surface area contributed by atoms with Gasteiger partial charge in [-0.25, -0.2) is 9.97 Å². The van der Waals surface area contributed by atoms with E-state index in [2.05, 4.69) is 16.0 Å². The molecule has 0 aliphatic heterocycles. The van der Waals surface area contributed by atoms with Crippen LogP contribution in [-0.4, -0.2) is 24.2 Å². The predicted octanol–water partition coefficient (Wildman–Crippen LogP) is 4.56. The molecule has 27 heavy (non-hydrogen) atoms. The van der Waals surface area contributed by atoms with Gasteiger partial charge in [-0.1, -0.05) is 36.4 Å². The number of benzene rings is 3. The largest absolute Gasteiger partial charge is 0.497 e. The van der Waals surface area contributed by atoms with Crippen LogP contribution in [0.2, 0.25) is 0 Å². The Morgan fingerprint density at radius 3 is 2.41 bits per heavy atom. The minimum absolute atomic E-state index is 0.233. The van der Waals surface area contributed by atoms with E-state index < -0.39 is 0 Å². The summed E-state index contributed by atoms with van der Waals surface area (Å²) in [5.41, 5.74) is 9.52. The van der Waals surface area contributed by atoms with Crippen molar-refractivity contribution in [2.45, 2.75) is 0 Å². The molecule has 0 atom stereocenters. The lowest BCUT2D eigenvalue weighted by Crippen LogP contribution is -1.99. The molecule has 4 aromatic rings. The number of hydrogen-bond acceptors (Lipinski definition) is 5. The minimum Gasteiger partial charge on any atom is -0.497 e. The number of hydrogen-bond donors (Lipinski definition) is 1. The molecule has 1 heterocycles. The third-order valence-corrected chi connectivity index (χ3v) is 4.55. The van der Waals surface area contributed by atoms with Crippen molar-refractivity contribution in [3.8, 4) is 33.9 Å². The quantitative estimate of drug-likeness (QED) is 0.580. The first-order valence-electron chi connectivity index (χ1n) is 8.54. The van der Waals surface area contributed by atoms with Gasteiger partial charge in [-0.2, -0.15) is 0 Å². The zero-order valence-corrected chi connectivity index (χ0v) is 15.1. The molecule has 0 spiro atoms. The second kappa shape index (κ2) is 6.96. The van der Waals surface area contributed by atoms with E-state index in [1.165, 1.54) is 0 Å². The lowest BCUT2D eigenvalue weighted by molar-refractivity contribution is 0.415. The summed E-state index contributed by atoms with van der Waals surface area (Å²) in [6.07, 6.45) is 1.76. The lowest BCUT2D eigenvalue weighted by Gasteiger charge is -2.14. The van der Waals surface area contributed by atoms with Crippen LogP contribution in [0.15, 0.2) is 66.9 Å². The zero-order chi connectivity index (χ0) is 18.8. The van der Waals surface area contributed by atoms with E-state index in [0.717, 1.165) is 44.7 Å². The Morgan fingerprint density at radius 2 is 1.63 bits per heavy atom. The summed E-state index contributed by atoms with van der Waals surface area (Å²) in [6.45, 7) is 0. The van der Waals surface area contributed by atoms with Gasteiger partial charge in [-0.05, 0) is 35.2 Å². The molecule has 0 aliphatic rings. The topological polar surface area (TPSA) is 70.3 Å². The van der Waals surface area contributed by atoms with Crippen molar-refractivity contribution in [2.75, 3.05) is 20.0 Å². The number of methoxy groups -OCH3 is 2. The molecule has 0 amide bonds. The molecule has 5 heteroatoms. The number of anilines is 1. The van der Waals surface area contributed by atoms with E-state index in [1.807, 2.05) is 54.6 Å². The highest BCUT2D eigenvalue weighted by Crippen LogP contribution is 2.38. The highest BCUT2D eigenvalue weighted by atomic mass is 16.5. The van der Waals surface area contributed by atoms with Gasteiger partial charge in [0, 0.05) is 22.7 Å². The summed E-state index contributed by atoms with van der Waals surface area (Å²) in [6, 6.07) is 19.9. The van der Waals surface area contributed by atoms with Crippen LogP contribution in [0.1, 0.15) is 0 Å². The van der Waals surface area contributed by atoms with Gasteiger partial charge >= 0.3 is 0 Å². The van der Waals surface area contributed by atoms with Crippen molar-refractivity contribution < 1.29 is 9.47 Å². The highest BCUT2D eigenvalue weighted by molar-refractivity contribution is 6.02. The maximum absolute atomic E-state index is 5.93. The molecule has 0 saturated heterocycles. The number of nitrogens with zero attached hydrogens (tertiary/aromatic N) is 2. The summed E-state index contributed by atoms with van der Waals surface area (Å²) < 4.78 is 10.9. The van der Waals surface area contributed by atoms with Gasteiger partial charge in [-0.3, -0.25) is 0 Å². The van der Waals surface area contributed by atoms with E-state index in [1.54, 1.807) is 20.4 Å². The Morgan fingerprint density at radius 1 is 0.815 bits per heavy atom. The molecule has 4 rings (SSSR count). The maximum Gasteiger partial charge on any atom is 0.220 e. The van der Waals surface area contributed by atoms with E-state index in [9.17, 15) is 0 Å². The van der Waals surface area contributed by atoms with Gasteiger partial charge in [0.05, 0.1) is 19.9 Å². The smallest absolute Gasteiger partial charge is 0.220 e. The fraction of sp³-hybridized carbons (Fsp3) is 0.0909. The molecular weight excluding hydrogens is 338 g/mol. The fourth-order valence-electron chi connectivity index (χ4n) is 3.26. The fourth-order valence-corrected chi connectivity index (χ4v) is 3.26. The predicted molar refractivity (Wildman–Crippen MR) is 108 cm³/mol. The van der Waals surface area contributed by atoms with E-state index in [0.29, 0.717) is 0 Å². The Hall–Kier alpha value is -3.60. The molecule has 0 aliphatic carbocycles. The molecule has 0 unspecified atom stereocenters. The number of ether oxygens (including phenoxy) is 2. The Bertz CT molecular complexity index is 1130. The van der Waals surface area contributed by atoms with E-state index in [-0.39, 0.29) is 5.95 Å². The molecular formula is C22H19N3O2. The van der Waals surface area contributed by atoms with Crippen LogP contribution >= 0.6 is 0 Å². The number of nitrogens with two attached hydrogens (primary N) is 1. The highest BCUT2D eigenvalue weighted by Gasteiger charge is 2.15. The third-order valence-electron chi connectivity index (χ3n) is 4.55. The van der Waals surface area contributed by atoms with Crippen LogP contribution < -0.4 is 15.2 Å². The van der Waals surface area contributed by atoms with Crippen LogP contribution in [-0.2, 0) is 0 Å². The summed E-state index contributed by atoms with van der Waals surface area (Å²) in [5, 5.41) is 2.06. The van der Waals surface area contributed by atoms with Crippen LogP contribution in [0.3, 0.4) is 0 Å². The van der Waals surface area contributed by atoms with Crippen molar-refractivity contribution in [3.05, 3.63) is 66.9 Å². The van der Waals surface area contributed by atoms with Crippen molar-refractivity contribution in [3.63, 3.8) is 0 Å². The molecule has 0 radical (unpaired) electrons. The van der Waals surface area contributed by atoms with Crippen LogP contribution in [0, 0.1) is 0 Å². The maximum atomic E-state index is 5.93. The molecule has 1 aromatic heterocycles. The van der Waals surface area contributed by atoms with E-state index in [4.69, 9.17) is 15.2 Å². The summed E-state index contributed by atoms with van der Waals surface area (Å²) in [7, 11) is 3.32. The second-order valence-corrected chi connectivity index (χ2v) is 6.08. The molecule has 134 valence electrons. The summed E-state index contributed by atoms with van der Waals surface area (Å²) in [5.74, 6) is 1.82. The molecule has 2 N–H and O–H groups in total. The van der Waals surface area contributed by atoms with Gasteiger partial charge in [0.15, 0.2) is 0 Å².